The Hall–Kier alpha value is -3.24. The second-order valence-electron chi connectivity index (χ2n) is 7.54. The second-order valence-corrected chi connectivity index (χ2v) is 7.54. The summed E-state index contributed by atoms with van der Waals surface area (Å²) in [6.07, 6.45) is 0. The summed E-state index contributed by atoms with van der Waals surface area (Å²) in [4.78, 5) is 18.4. The molecule has 1 aromatic heterocycles. The van der Waals surface area contributed by atoms with Crippen molar-refractivity contribution in [2.75, 3.05) is 0 Å². The first-order chi connectivity index (χ1) is 14.1. The van der Waals surface area contributed by atoms with E-state index in [0.29, 0.717) is 18.5 Å². The molecule has 4 nitrogen and oxygen atoms in total. The highest BCUT2D eigenvalue weighted by Crippen LogP contribution is 2.24. The number of hydrogen-bond acceptors (Lipinski definition) is 3. The zero-order valence-electron chi connectivity index (χ0n) is 16.8. The number of nitrogens with two attached hydrogens (primary N) is 1. The van der Waals surface area contributed by atoms with Crippen LogP contribution in [0.3, 0.4) is 0 Å². The van der Waals surface area contributed by atoms with Gasteiger partial charge in [-0.1, -0.05) is 73.2 Å². The topological polar surface area (TPSA) is 60.9 Å². The van der Waals surface area contributed by atoms with Crippen molar-refractivity contribution in [2.24, 2.45) is 5.73 Å². The van der Waals surface area contributed by atoms with Crippen molar-refractivity contribution >= 4 is 10.9 Å². The highest BCUT2D eigenvalue weighted by atomic mass is 16.1. The minimum Gasteiger partial charge on any atom is -0.326 e. The van der Waals surface area contributed by atoms with E-state index in [4.69, 9.17) is 10.7 Å². The number of rotatable bonds is 5. The van der Waals surface area contributed by atoms with Crippen LogP contribution in [0.15, 0.2) is 77.6 Å². The number of benzene rings is 3. The molecule has 0 aliphatic heterocycles. The summed E-state index contributed by atoms with van der Waals surface area (Å²) in [7, 11) is 0. The maximum atomic E-state index is 13.5. The SMILES string of the molecule is Cc1ccc2nc(C(C)c3ccccc3)n(Cc3cccc(CN)c3)c(=O)c2c1. The fraction of sp³-hybridized carbons (Fsp3) is 0.200. The number of hydrogen-bond donors (Lipinski definition) is 1. The Balaban J connectivity index is 1.91. The van der Waals surface area contributed by atoms with Gasteiger partial charge in [0.25, 0.3) is 5.56 Å². The lowest BCUT2D eigenvalue weighted by Gasteiger charge is -2.19. The molecule has 4 aromatic rings. The molecule has 1 atom stereocenters. The summed E-state index contributed by atoms with van der Waals surface area (Å²) in [5.41, 5.74) is 10.8. The van der Waals surface area contributed by atoms with Crippen LogP contribution in [-0.4, -0.2) is 9.55 Å². The lowest BCUT2D eigenvalue weighted by Crippen LogP contribution is -2.27. The van der Waals surface area contributed by atoms with Crippen LogP contribution in [0, 0.1) is 6.92 Å². The third-order valence-corrected chi connectivity index (χ3v) is 5.39. The normalized spacial score (nSPS) is 12.2. The molecule has 4 rings (SSSR count). The van der Waals surface area contributed by atoms with Gasteiger partial charge in [-0.2, -0.15) is 0 Å². The highest BCUT2D eigenvalue weighted by molar-refractivity contribution is 5.78. The highest BCUT2D eigenvalue weighted by Gasteiger charge is 2.18. The Morgan fingerprint density at radius 1 is 0.966 bits per heavy atom. The van der Waals surface area contributed by atoms with Crippen molar-refractivity contribution in [1.29, 1.82) is 0 Å². The molecule has 1 heterocycles. The van der Waals surface area contributed by atoms with Gasteiger partial charge in [-0.15, -0.1) is 0 Å². The Morgan fingerprint density at radius 3 is 2.48 bits per heavy atom. The summed E-state index contributed by atoms with van der Waals surface area (Å²) in [5, 5.41) is 0.656. The van der Waals surface area contributed by atoms with Crippen molar-refractivity contribution < 1.29 is 0 Å². The van der Waals surface area contributed by atoms with Gasteiger partial charge < -0.3 is 5.73 Å². The van der Waals surface area contributed by atoms with E-state index in [-0.39, 0.29) is 11.5 Å². The number of aromatic nitrogens is 2. The van der Waals surface area contributed by atoms with E-state index < -0.39 is 0 Å². The number of fused-ring (bicyclic) bond motifs is 1. The lowest BCUT2D eigenvalue weighted by molar-refractivity contribution is 0.650. The van der Waals surface area contributed by atoms with Gasteiger partial charge in [0.2, 0.25) is 0 Å². The minimum atomic E-state index is -0.00714. The monoisotopic (exact) mass is 383 g/mol. The van der Waals surface area contributed by atoms with Crippen LogP contribution in [-0.2, 0) is 13.1 Å². The van der Waals surface area contributed by atoms with Crippen LogP contribution < -0.4 is 11.3 Å². The molecule has 4 heteroatoms. The molecule has 146 valence electrons. The van der Waals surface area contributed by atoms with E-state index in [1.54, 1.807) is 0 Å². The molecule has 0 amide bonds. The van der Waals surface area contributed by atoms with Crippen LogP contribution in [0.5, 0.6) is 0 Å². The van der Waals surface area contributed by atoms with Gasteiger partial charge in [-0.25, -0.2) is 4.98 Å². The van der Waals surface area contributed by atoms with Crippen LogP contribution >= 0.6 is 0 Å². The fourth-order valence-electron chi connectivity index (χ4n) is 3.76. The average Bonchev–Trinajstić information content (AvgIpc) is 2.76. The molecule has 29 heavy (non-hydrogen) atoms. The Kier molecular flexibility index (Phi) is 5.28. The van der Waals surface area contributed by atoms with Crippen LogP contribution in [0.4, 0.5) is 0 Å². The van der Waals surface area contributed by atoms with Crippen molar-refractivity contribution in [3.8, 4) is 0 Å². The Labute approximate surface area is 170 Å². The first-order valence-corrected chi connectivity index (χ1v) is 9.90. The van der Waals surface area contributed by atoms with Crippen LogP contribution in [0.2, 0.25) is 0 Å². The van der Waals surface area contributed by atoms with Gasteiger partial charge in [0, 0.05) is 12.5 Å². The molecule has 0 radical (unpaired) electrons. The van der Waals surface area contributed by atoms with Gasteiger partial charge in [0.1, 0.15) is 5.82 Å². The van der Waals surface area contributed by atoms with E-state index in [1.807, 2.05) is 66.1 Å². The quantitative estimate of drug-likeness (QED) is 0.557. The smallest absolute Gasteiger partial charge is 0.261 e. The van der Waals surface area contributed by atoms with E-state index in [1.165, 1.54) is 0 Å². The summed E-state index contributed by atoms with van der Waals surface area (Å²) in [5.74, 6) is 0.767. The molecule has 1 unspecified atom stereocenters. The molecule has 0 saturated heterocycles. The first-order valence-electron chi connectivity index (χ1n) is 9.90. The van der Waals surface area contributed by atoms with Crippen molar-refractivity contribution in [1.82, 2.24) is 9.55 Å². The molecule has 0 fully saturated rings. The third kappa shape index (κ3) is 3.84. The molecule has 3 aromatic carbocycles. The zero-order chi connectivity index (χ0) is 20.4. The molecule has 2 N–H and O–H groups in total. The van der Waals surface area contributed by atoms with E-state index >= 15 is 0 Å². The first kappa shape index (κ1) is 19.1. The van der Waals surface area contributed by atoms with Crippen LogP contribution in [0.25, 0.3) is 10.9 Å². The average molecular weight is 383 g/mol. The predicted molar refractivity (Wildman–Crippen MR) is 118 cm³/mol. The zero-order valence-corrected chi connectivity index (χ0v) is 16.8. The third-order valence-electron chi connectivity index (χ3n) is 5.39. The summed E-state index contributed by atoms with van der Waals surface area (Å²) >= 11 is 0. The van der Waals surface area contributed by atoms with Crippen molar-refractivity contribution in [3.05, 3.63) is 111 Å². The van der Waals surface area contributed by atoms with Gasteiger partial charge >= 0.3 is 0 Å². The Bertz CT molecular complexity index is 1210. The molecule has 0 aliphatic rings. The lowest BCUT2D eigenvalue weighted by atomic mass is 9.99. The standard InChI is InChI=1S/C25H25N3O/c1-17-11-12-23-22(13-17)25(29)28(16-20-8-6-7-19(14-20)15-26)24(27-23)18(2)21-9-4-3-5-10-21/h3-14,18H,15-16,26H2,1-2H3. The van der Waals surface area contributed by atoms with Crippen molar-refractivity contribution in [3.63, 3.8) is 0 Å². The van der Waals surface area contributed by atoms with Gasteiger partial charge in [0.15, 0.2) is 0 Å². The minimum absolute atomic E-state index is 0.00497. The largest absolute Gasteiger partial charge is 0.326 e. The molecule has 0 spiro atoms. The fourth-order valence-corrected chi connectivity index (χ4v) is 3.76. The van der Waals surface area contributed by atoms with E-state index in [2.05, 4.69) is 25.1 Å². The predicted octanol–water partition coefficient (Wildman–Crippen LogP) is 4.36. The molecule has 0 saturated carbocycles. The molecular weight excluding hydrogens is 358 g/mol. The van der Waals surface area contributed by atoms with Crippen molar-refractivity contribution in [2.45, 2.75) is 32.9 Å². The summed E-state index contributed by atoms with van der Waals surface area (Å²) < 4.78 is 1.81. The second kappa shape index (κ2) is 8.02. The van der Waals surface area contributed by atoms with E-state index in [0.717, 1.165) is 33.6 Å². The molecular formula is C25H25N3O. The van der Waals surface area contributed by atoms with Crippen LogP contribution in [0.1, 0.15) is 40.9 Å². The van der Waals surface area contributed by atoms with Gasteiger partial charge in [0.05, 0.1) is 17.4 Å². The number of aryl methyl sites for hydroxylation is 1. The van der Waals surface area contributed by atoms with Gasteiger partial charge in [-0.3, -0.25) is 9.36 Å². The maximum absolute atomic E-state index is 13.5. The maximum Gasteiger partial charge on any atom is 0.261 e. The number of nitrogens with zero attached hydrogens (tertiary/aromatic N) is 2. The summed E-state index contributed by atoms with van der Waals surface area (Å²) in [6.45, 7) is 5.04. The summed E-state index contributed by atoms with van der Waals surface area (Å²) in [6, 6.07) is 24.1. The molecule has 0 bridgehead atoms. The molecule has 0 aliphatic carbocycles. The van der Waals surface area contributed by atoms with Gasteiger partial charge in [-0.05, 0) is 35.7 Å². The van der Waals surface area contributed by atoms with E-state index in [9.17, 15) is 4.79 Å². The Morgan fingerprint density at radius 2 is 1.72 bits per heavy atom.